The van der Waals surface area contributed by atoms with E-state index in [0.717, 1.165) is 6.42 Å². The van der Waals surface area contributed by atoms with E-state index in [4.69, 9.17) is 0 Å². The van der Waals surface area contributed by atoms with Gasteiger partial charge in [0.25, 0.3) is 0 Å². The van der Waals surface area contributed by atoms with Gasteiger partial charge in [-0.2, -0.15) is 0 Å². The van der Waals surface area contributed by atoms with Crippen molar-refractivity contribution in [3.05, 3.63) is 22.4 Å². The number of rotatable bonds is 3. The number of aliphatic hydroxyl groups excluding tert-OH is 1. The van der Waals surface area contributed by atoms with Crippen molar-refractivity contribution in [2.45, 2.75) is 38.7 Å². The van der Waals surface area contributed by atoms with Crippen molar-refractivity contribution in [3.63, 3.8) is 0 Å². The zero-order valence-corrected chi connectivity index (χ0v) is 9.46. The van der Waals surface area contributed by atoms with Crippen LogP contribution in [0.25, 0.3) is 0 Å². The maximum absolute atomic E-state index is 10.1. The van der Waals surface area contributed by atoms with Crippen LogP contribution in [-0.4, -0.2) is 11.2 Å². The summed E-state index contributed by atoms with van der Waals surface area (Å²) in [6.45, 7) is 2.27. The summed E-state index contributed by atoms with van der Waals surface area (Å²) in [5.41, 5.74) is 0. The van der Waals surface area contributed by atoms with E-state index in [1.165, 1.54) is 24.1 Å². The standard InChI is InChI=1S/C12H18OS/c1-9-4-2-6-11(9)12(13)8-10-5-3-7-14-10/h3,5,7,9,11-13H,2,4,6,8H2,1H3. The van der Waals surface area contributed by atoms with Gasteiger partial charge in [0.1, 0.15) is 0 Å². The number of hydrogen-bond acceptors (Lipinski definition) is 2. The molecule has 14 heavy (non-hydrogen) atoms. The lowest BCUT2D eigenvalue weighted by Gasteiger charge is -2.21. The van der Waals surface area contributed by atoms with Crippen LogP contribution in [-0.2, 0) is 6.42 Å². The first-order valence-electron chi connectivity index (χ1n) is 5.48. The third-order valence-corrected chi connectivity index (χ3v) is 4.31. The molecule has 1 fully saturated rings. The topological polar surface area (TPSA) is 20.2 Å². The molecular formula is C12H18OS. The Morgan fingerprint density at radius 2 is 2.43 bits per heavy atom. The van der Waals surface area contributed by atoms with Crippen LogP contribution in [0.2, 0.25) is 0 Å². The minimum atomic E-state index is -0.119. The molecule has 0 saturated heterocycles. The molecule has 2 heteroatoms. The molecule has 1 aliphatic carbocycles. The van der Waals surface area contributed by atoms with Crippen molar-refractivity contribution >= 4 is 11.3 Å². The average molecular weight is 210 g/mol. The minimum Gasteiger partial charge on any atom is -0.392 e. The highest BCUT2D eigenvalue weighted by molar-refractivity contribution is 7.09. The highest BCUT2D eigenvalue weighted by Crippen LogP contribution is 2.34. The number of aliphatic hydroxyl groups is 1. The van der Waals surface area contributed by atoms with Crippen LogP contribution in [0.15, 0.2) is 17.5 Å². The Kier molecular flexibility index (Phi) is 3.24. The molecule has 1 nitrogen and oxygen atoms in total. The molecule has 0 amide bonds. The summed E-state index contributed by atoms with van der Waals surface area (Å²) in [6, 6.07) is 4.18. The van der Waals surface area contributed by atoms with Gasteiger partial charge in [-0.05, 0) is 29.7 Å². The molecule has 3 atom stereocenters. The monoisotopic (exact) mass is 210 g/mol. The third kappa shape index (κ3) is 2.18. The predicted molar refractivity (Wildman–Crippen MR) is 60.5 cm³/mol. The fourth-order valence-corrected chi connectivity index (χ4v) is 3.29. The van der Waals surface area contributed by atoms with Crippen molar-refractivity contribution in [2.24, 2.45) is 11.8 Å². The van der Waals surface area contributed by atoms with Gasteiger partial charge in [0.05, 0.1) is 6.10 Å². The minimum absolute atomic E-state index is 0.119. The van der Waals surface area contributed by atoms with E-state index in [-0.39, 0.29) is 6.10 Å². The lowest BCUT2D eigenvalue weighted by Crippen LogP contribution is -2.24. The van der Waals surface area contributed by atoms with Gasteiger partial charge < -0.3 is 5.11 Å². The van der Waals surface area contributed by atoms with E-state index in [1.54, 1.807) is 11.3 Å². The molecule has 1 aromatic rings. The summed E-state index contributed by atoms with van der Waals surface area (Å²) in [6.07, 6.45) is 4.55. The highest BCUT2D eigenvalue weighted by atomic mass is 32.1. The Bertz CT molecular complexity index is 268. The quantitative estimate of drug-likeness (QED) is 0.813. The molecular weight excluding hydrogens is 192 g/mol. The van der Waals surface area contributed by atoms with Gasteiger partial charge in [-0.25, -0.2) is 0 Å². The van der Waals surface area contributed by atoms with E-state index in [2.05, 4.69) is 24.4 Å². The second kappa shape index (κ2) is 4.45. The predicted octanol–water partition coefficient (Wildman–Crippen LogP) is 3.09. The largest absolute Gasteiger partial charge is 0.392 e. The lowest BCUT2D eigenvalue weighted by molar-refractivity contribution is 0.0909. The van der Waals surface area contributed by atoms with Gasteiger partial charge in [-0.15, -0.1) is 11.3 Å². The van der Waals surface area contributed by atoms with Crippen molar-refractivity contribution in [2.75, 3.05) is 0 Å². The van der Waals surface area contributed by atoms with Crippen molar-refractivity contribution < 1.29 is 5.11 Å². The number of hydrogen-bond donors (Lipinski definition) is 1. The lowest BCUT2D eigenvalue weighted by atomic mass is 9.90. The van der Waals surface area contributed by atoms with Gasteiger partial charge >= 0.3 is 0 Å². The van der Waals surface area contributed by atoms with Crippen LogP contribution < -0.4 is 0 Å². The maximum Gasteiger partial charge on any atom is 0.0619 e. The molecule has 0 aliphatic heterocycles. The number of thiophene rings is 1. The van der Waals surface area contributed by atoms with E-state index in [9.17, 15) is 5.11 Å². The van der Waals surface area contributed by atoms with Crippen LogP contribution in [0.1, 0.15) is 31.1 Å². The first kappa shape index (κ1) is 10.2. The highest BCUT2D eigenvalue weighted by Gasteiger charge is 2.29. The molecule has 0 spiro atoms. The summed E-state index contributed by atoms with van der Waals surface area (Å²) >= 11 is 1.75. The van der Waals surface area contributed by atoms with Gasteiger partial charge in [-0.3, -0.25) is 0 Å². The Balaban J connectivity index is 1.92. The first-order valence-corrected chi connectivity index (χ1v) is 6.36. The van der Waals surface area contributed by atoms with E-state index < -0.39 is 0 Å². The second-order valence-electron chi connectivity index (χ2n) is 4.42. The van der Waals surface area contributed by atoms with Crippen molar-refractivity contribution in [3.8, 4) is 0 Å². The van der Waals surface area contributed by atoms with Crippen LogP contribution in [0, 0.1) is 11.8 Å². The molecule has 0 aromatic carbocycles. The molecule has 2 rings (SSSR count). The Hall–Kier alpha value is -0.340. The van der Waals surface area contributed by atoms with Crippen LogP contribution in [0.4, 0.5) is 0 Å². The first-order chi connectivity index (χ1) is 6.77. The summed E-state index contributed by atoms with van der Waals surface area (Å²) in [4.78, 5) is 1.32. The zero-order valence-electron chi connectivity index (χ0n) is 8.65. The van der Waals surface area contributed by atoms with Crippen LogP contribution >= 0.6 is 11.3 Å². The van der Waals surface area contributed by atoms with E-state index in [1.807, 2.05) is 0 Å². The van der Waals surface area contributed by atoms with Gasteiger partial charge in [0, 0.05) is 11.3 Å². The Morgan fingerprint density at radius 1 is 1.57 bits per heavy atom. The molecule has 1 saturated carbocycles. The summed E-state index contributed by atoms with van der Waals surface area (Å²) < 4.78 is 0. The molecule has 1 heterocycles. The Labute approximate surface area is 89.8 Å². The molecule has 1 aromatic heterocycles. The summed E-state index contributed by atoms with van der Waals surface area (Å²) in [7, 11) is 0. The van der Waals surface area contributed by atoms with Crippen LogP contribution in [0.5, 0.6) is 0 Å². The summed E-state index contributed by atoms with van der Waals surface area (Å²) in [5.74, 6) is 1.25. The van der Waals surface area contributed by atoms with Gasteiger partial charge in [0.2, 0.25) is 0 Å². The average Bonchev–Trinajstić information content (AvgIpc) is 2.75. The second-order valence-corrected chi connectivity index (χ2v) is 5.46. The van der Waals surface area contributed by atoms with E-state index >= 15 is 0 Å². The SMILES string of the molecule is CC1CCCC1C(O)Cc1cccs1. The molecule has 1 aliphatic rings. The fourth-order valence-electron chi connectivity index (χ4n) is 2.53. The third-order valence-electron chi connectivity index (χ3n) is 3.41. The smallest absolute Gasteiger partial charge is 0.0619 e. The molecule has 0 radical (unpaired) electrons. The van der Waals surface area contributed by atoms with Crippen molar-refractivity contribution in [1.29, 1.82) is 0 Å². The molecule has 0 bridgehead atoms. The molecule has 1 N–H and O–H groups in total. The van der Waals surface area contributed by atoms with Gasteiger partial charge in [0.15, 0.2) is 0 Å². The summed E-state index contributed by atoms with van der Waals surface area (Å²) in [5, 5.41) is 12.2. The molecule has 78 valence electrons. The van der Waals surface area contributed by atoms with Crippen LogP contribution in [0.3, 0.4) is 0 Å². The molecule has 3 unspecified atom stereocenters. The van der Waals surface area contributed by atoms with E-state index in [0.29, 0.717) is 11.8 Å². The fraction of sp³-hybridized carbons (Fsp3) is 0.667. The normalized spacial score (nSPS) is 29.3. The van der Waals surface area contributed by atoms with Crippen molar-refractivity contribution in [1.82, 2.24) is 0 Å². The zero-order chi connectivity index (χ0) is 9.97. The van der Waals surface area contributed by atoms with Gasteiger partial charge in [-0.1, -0.05) is 25.8 Å². The maximum atomic E-state index is 10.1. The Morgan fingerprint density at radius 3 is 3.00 bits per heavy atom.